The zero-order chi connectivity index (χ0) is 20.3. The molecule has 1 aliphatic carbocycles. The summed E-state index contributed by atoms with van der Waals surface area (Å²) in [7, 11) is 0. The van der Waals surface area contributed by atoms with Crippen LogP contribution >= 0.6 is 11.3 Å². The second kappa shape index (κ2) is 8.52. The van der Waals surface area contributed by atoms with Gasteiger partial charge in [-0.05, 0) is 43.6 Å². The Morgan fingerprint density at radius 1 is 1.13 bits per heavy atom. The van der Waals surface area contributed by atoms with Gasteiger partial charge in [-0.15, -0.1) is 16.4 Å². The zero-order valence-electron chi connectivity index (χ0n) is 16.8. The van der Waals surface area contributed by atoms with E-state index in [2.05, 4.69) is 15.2 Å². The molecule has 0 spiro atoms. The third-order valence-corrected chi connectivity index (χ3v) is 6.80. The molecule has 0 unspecified atom stereocenters. The number of hydrogen-bond donors (Lipinski definition) is 0. The number of rotatable bonds is 5. The fraction of sp³-hybridized carbons (Fsp3) is 0.391. The molecule has 1 aliphatic heterocycles. The smallest absolute Gasteiger partial charge is 0.273 e. The maximum atomic E-state index is 12.9. The van der Waals surface area contributed by atoms with Gasteiger partial charge in [0.1, 0.15) is 10.7 Å². The summed E-state index contributed by atoms with van der Waals surface area (Å²) >= 11 is 1.52. The Kier molecular flexibility index (Phi) is 5.45. The Labute approximate surface area is 179 Å². The molecule has 0 N–H and O–H groups in total. The van der Waals surface area contributed by atoms with Crippen molar-refractivity contribution in [2.45, 2.75) is 32.1 Å². The SMILES string of the molecule is O=C(c1csc(-c2ccccc2)n1)N1CCC(COc2cc3c(nn2)CCC3)CC1. The molecule has 1 saturated heterocycles. The standard InChI is InChI=1S/C23H24N4O2S/c28-23(20-15-30-22(24-20)17-5-2-1-3-6-17)27-11-9-16(10-12-27)14-29-21-13-18-7-4-8-19(18)25-26-21/h1-3,5-6,13,15-16H,4,7-12,14H2. The molecule has 0 bridgehead atoms. The number of benzene rings is 1. The van der Waals surface area contributed by atoms with Crippen molar-refractivity contribution in [1.29, 1.82) is 0 Å². The lowest BCUT2D eigenvalue weighted by molar-refractivity contribution is 0.0654. The molecule has 3 heterocycles. The van der Waals surface area contributed by atoms with E-state index in [0.717, 1.165) is 61.5 Å². The van der Waals surface area contributed by atoms with Gasteiger partial charge in [0.05, 0.1) is 12.3 Å². The van der Waals surface area contributed by atoms with Crippen LogP contribution in [0.5, 0.6) is 5.88 Å². The van der Waals surface area contributed by atoms with Crippen LogP contribution in [-0.4, -0.2) is 45.7 Å². The number of carbonyl (C=O) groups is 1. The van der Waals surface area contributed by atoms with Gasteiger partial charge in [0, 0.05) is 30.1 Å². The van der Waals surface area contributed by atoms with Crippen LogP contribution in [0.4, 0.5) is 0 Å². The molecule has 1 amide bonds. The number of carbonyl (C=O) groups excluding carboxylic acids is 1. The molecular weight excluding hydrogens is 396 g/mol. The second-order valence-corrected chi connectivity index (χ2v) is 8.82. The number of hydrogen-bond acceptors (Lipinski definition) is 6. The van der Waals surface area contributed by atoms with Crippen LogP contribution in [-0.2, 0) is 12.8 Å². The van der Waals surface area contributed by atoms with Gasteiger partial charge in [-0.25, -0.2) is 4.98 Å². The zero-order valence-corrected chi connectivity index (χ0v) is 17.6. The van der Waals surface area contributed by atoms with Crippen LogP contribution in [0, 0.1) is 5.92 Å². The van der Waals surface area contributed by atoms with Gasteiger partial charge in [-0.2, -0.15) is 5.10 Å². The first-order valence-electron chi connectivity index (χ1n) is 10.5. The molecule has 154 valence electrons. The first-order chi connectivity index (χ1) is 14.8. The molecule has 1 aromatic carbocycles. The van der Waals surface area contributed by atoms with Gasteiger partial charge in [-0.3, -0.25) is 4.79 Å². The molecule has 2 aliphatic rings. The summed E-state index contributed by atoms with van der Waals surface area (Å²) in [5, 5.41) is 11.2. The first-order valence-corrected chi connectivity index (χ1v) is 11.4. The van der Waals surface area contributed by atoms with Gasteiger partial charge in [-0.1, -0.05) is 30.3 Å². The predicted molar refractivity (Wildman–Crippen MR) is 116 cm³/mol. The molecule has 1 fully saturated rings. The Bertz CT molecular complexity index is 1030. The fourth-order valence-corrected chi connectivity index (χ4v) is 4.93. The molecular formula is C23H24N4O2S. The van der Waals surface area contributed by atoms with E-state index in [4.69, 9.17) is 4.74 Å². The Hall–Kier alpha value is -2.80. The van der Waals surface area contributed by atoms with Crippen molar-refractivity contribution in [2.75, 3.05) is 19.7 Å². The lowest BCUT2D eigenvalue weighted by Crippen LogP contribution is -2.39. The van der Waals surface area contributed by atoms with Crippen LogP contribution in [0.3, 0.4) is 0 Å². The summed E-state index contributed by atoms with van der Waals surface area (Å²) in [6.45, 7) is 2.10. The predicted octanol–water partition coefficient (Wildman–Crippen LogP) is 4.02. The number of aryl methyl sites for hydroxylation is 2. The van der Waals surface area contributed by atoms with Gasteiger partial charge >= 0.3 is 0 Å². The van der Waals surface area contributed by atoms with Crippen molar-refractivity contribution in [1.82, 2.24) is 20.1 Å². The molecule has 7 heteroatoms. The molecule has 0 atom stereocenters. The molecule has 3 aromatic rings. The van der Waals surface area contributed by atoms with E-state index in [1.165, 1.54) is 16.9 Å². The highest BCUT2D eigenvalue weighted by atomic mass is 32.1. The average Bonchev–Trinajstić information content (AvgIpc) is 3.48. The van der Waals surface area contributed by atoms with Crippen LogP contribution in [0.15, 0.2) is 41.8 Å². The van der Waals surface area contributed by atoms with Gasteiger partial charge in [0.25, 0.3) is 5.91 Å². The molecule has 5 rings (SSSR count). The number of nitrogens with zero attached hydrogens (tertiary/aromatic N) is 4. The third-order valence-electron chi connectivity index (χ3n) is 5.91. The van der Waals surface area contributed by atoms with Crippen LogP contribution in [0.2, 0.25) is 0 Å². The summed E-state index contributed by atoms with van der Waals surface area (Å²) in [5.41, 5.74) is 3.99. The lowest BCUT2D eigenvalue weighted by Gasteiger charge is -2.31. The largest absolute Gasteiger partial charge is 0.476 e. The van der Waals surface area contributed by atoms with Gasteiger partial charge in [0.2, 0.25) is 5.88 Å². The van der Waals surface area contributed by atoms with E-state index in [9.17, 15) is 4.79 Å². The van der Waals surface area contributed by atoms with Crippen molar-refractivity contribution < 1.29 is 9.53 Å². The van der Waals surface area contributed by atoms with Crippen molar-refractivity contribution in [2.24, 2.45) is 5.92 Å². The van der Waals surface area contributed by atoms with Crippen molar-refractivity contribution in [3.05, 3.63) is 58.7 Å². The summed E-state index contributed by atoms with van der Waals surface area (Å²) in [6.07, 6.45) is 5.12. The normalized spacial score (nSPS) is 16.5. The van der Waals surface area contributed by atoms with Crippen molar-refractivity contribution in [3.8, 4) is 16.5 Å². The van der Waals surface area contributed by atoms with E-state index in [1.54, 1.807) is 0 Å². The summed E-state index contributed by atoms with van der Waals surface area (Å²) < 4.78 is 5.92. The number of fused-ring (bicyclic) bond motifs is 1. The third kappa shape index (κ3) is 4.07. The minimum atomic E-state index is 0.0253. The number of ether oxygens (including phenoxy) is 1. The summed E-state index contributed by atoms with van der Waals surface area (Å²) in [5.74, 6) is 1.08. The maximum absolute atomic E-state index is 12.9. The second-order valence-electron chi connectivity index (χ2n) is 7.96. The lowest BCUT2D eigenvalue weighted by atomic mass is 9.97. The highest BCUT2D eigenvalue weighted by Gasteiger charge is 2.26. The highest BCUT2D eigenvalue weighted by molar-refractivity contribution is 7.13. The number of aromatic nitrogens is 3. The molecule has 2 aromatic heterocycles. The minimum absolute atomic E-state index is 0.0253. The van der Waals surface area contributed by atoms with Crippen molar-refractivity contribution >= 4 is 17.2 Å². The summed E-state index contributed by atoms with van der Waals surface area (Å²) in [6, 6.07) is 12.0. The molecule has 30 heavy (non-hydrogen) atoms. The number of piperidine rings is 1. The monoisotopic (exact) mass is 420 g/mol. The van der Waals surface area contributed by atoms with Crippen LogP contribution < -0.4 is 4.74 Å². The van der Waals surface area contributed by atoms with Crippen molar-refractivity contribution in [3.63, 3.8) is 0 Å². The van der Waals surface area contributed by atoms with E-state index in [1.807, 2.05) is 46.7 Å². The number of likely N-dealkylation sites (tertiary alicyclic amines) is 1. The average molecular weight is 421 g/mol. The molecule has 0 radical (unpaired) electrons. The fourth-order valence-electron chi connectivity index (χ4n) is 4.13. The Morgan fingerprint density at radius 3 is 2.80 bits per heavy atom. The van der Waals surface area contributed by atoms with E-state index < -0.39 is 0 Å². The minimum Gasteiger partial charge on any atom is -0.476 e. The van der Waals surface area contributed by atoms with Crippen LogP contribution in [0.25, 0.3) is 10.6 Å². The van der Waals surface area contributed by atoms with E-state index in [0.29, 0.717) is 24.1 Å². The Morgan fingerprint density at radius 2 is 1.97 bits per heavy atom. The number of thiazole rings is 1. The molecule has 0 saturated carbocycles. The summed E-state index contributed by atoms with van der Waals surface area (Å²) in [4.78, 5) is 19.3. The highest BCUT2D eigenvalue weighted by Crippen LogP contribution is 2.26. The van der Waals surface area contributed by atoms with Gasteiger partial charge in [0.15, 0.2) is 0 Å². The van der Waals surface area contributed by atoms with E-state index >= 15 is 0 Å². The first kappa shape index (κ1) is 19.2. The number of amides is 1. The van der Waals surface area contributed by atoms with Gasteiger partial charge < -0.3 is 9.64 Å². The maximum Gasteiger partial charge on any atom is 0.273 e. The van der Waals surface area contributed by atoms with E-state index in [-0.39, 0.29) is 5.91 Å². The Balaban J connectivity index is 1.13. The van der Waals surface area contributed by atoms with Crippen LogP contribution in [0.1, 0.15) is 41.0 Å². The molecule has 6 nitrogen and oxygen atoms in total. The topological polar surface area (TPSA) is 68.2 Å². The quantitative estimate of drug-likeness (QED) is 0.624.